The number of aromatic nitrogens is 3. The number of hydrogen-bond donors (Lipinski definition) is 2. The molecule has 27 heavy (non-hydrogen) atoms. The van der Waals surface area contributed by atoms with Gasteiger partial charge < -0.3 is 10.4 Å². The minimum absolute atomic E-state index is 0.0901. The van der Waals surface area contributed by atoms with Gasteiger partial charge in [-0.1, -0.05) is 46.6 Å². The van der Waals surface area contributed by atoms with E-state index in [0.717, 1.165) is 11.1 Å². The summed E-state index contributed by atoms with van der Waals surface area (Å²) in [5.41, 5.74) is 3.47. The van der Waals surface area contributed by atoms with E-state index in [4.69, 9.17) is 28.3 Å². The highest BCUT2D eigenvalue weighted by Gasteiger charge is 2.17. The second-order valence-corrected chi connectivity index (χ2v) is 6.87. The monoisotopic (exact) mass is 404 g/mol. The van der Waals surface area contributed by atoms with Gasteiger partial charge in [0.05, 0.1) is 22.3 Å². The van der Waals surface area contributed by atoms with E-state index in [1.807, 2.05) is 18.2 Å². The van der Waals surface area contributed by atoms with Gasteiger partial charge in [-0.2, -0.15) is 0 Å². The molecule has 2 N–H and O–H groups in total. The molecule has 140 valence electrons. The van der Waals surface area contributed by atoms with Crippen LogP contribution in [0.1, 0.15) is 27.3 Å². The largest absolute Gasteiger partial charge is 0.396 e. The summed E-state index contributed by atoms with van der Waals surface area (Å²) in [5.74, 6) is -0.331. The van der Waals surface area contributed by atoms with Crippen LogP contribution in [0, 0.1) is 6.92 Å². The van der Waals surface area contributed by atoms with Crippen LogP contribution in [0.25, 0.3) is 0 Å². The Kier molecular flexibility index (Phi) is 6.11. The Balaban J connectivity index is 1.71. The summed E-state index contributed by atoms with van der Waals surface area (Å²) >= 11 is 12.0. The zero-order chi connectivity index (χ0) is 19.4. The number of hydrogen-bond acceptors (Lipinski definition) is 4. The van der Waals surface area contributed by atoms with E-state index < -0.39 is 0 Å². The Morgan fingerprint density at radius 3 is 2.48 bits per heavy atom. The van der Waals surface area contributed by atoms with Crippen LogP contribution >= 0.6 is 23.2 Å². The van der Waals surface area contributed by atoms with Gasteiger partial charge in [0, 0.05) is 12.3 Å². The Bertz CT molecular complexity index is 955. The van der Waals surface area contributed by atoms with E-state index >= 15 is 0 Å². The summed E-state index contributed by atoms with van der Waals surface area (Å²) in [5, 5.41) is 20.8. The topological polar surface area (TPSA) is 80.0 Å². The van der Waals surface area contributed by atoms with Crippen molar-refractivity contribution in [1.29, 1.82) is 0 Å². The third-order valence-electron chi connectivity index (χ3n) is 4.13. The number of aliphatic hydroxyl groups excluding tert-OH is 1. The predicted molar refractivity (Wildman–Crippen MR) is 106 cm³/mol. The van der Waals surface area contributed by atoms with Gasteiger partial charge in [0.25, 0.3) is 5.91 Å². The highest BCUT2D eigenvalue weighted by Crippen LogP contribution is 2.23. The Morgan fingerprint density at radius 2 is 1.81 bits per heavy atom. The van der Waals surface area contributed by atoms with Gasteiger partial charge in [-0.25, -0.2) is 4.68 Å². The molecule has 0 saturated heterocycles. The molecular formula is C19H18Cl2N4O2. The average molecular weight is 405 g/mol. The van der Waals surface area contributed by atoms with Crippen LogP contribution in [0.4, 0.5) is 5.69 Å². The molecule has 0 spiro atoms. The van der Waals surface area contributed by atoms with E-state index in [-0.39, 0.29) is 18.2 Å². The lowest BCUT2D eigenvalue weighted by Crippen LogP contribution is -2.14. The van der Waals surface area contributed by atoms with Crippen molar-refractivity contribution in [2.75, 3.05) is 11.9 Å². The van der Waals surface area contributed by atoms with Crippen LogP contribution < -0.4 is 5.32 Å². The number of nitrogens with zero attached hydrogens (tertiary/aromatic N) is 3. The molecule has 0 aliphatic heterocycles. The molecule has 0 atom stereocenters. The lowest BCUT2D eigenvalue weighted by atomic mass is 10.1. The molecule has 3 rings (SSSR count). The van der Waals surface area contributed by atoms with Crippen LogP contribution in [-0.2, 0) is 13.0 Å². The number of carbonyl (C=O) groups is 1. The normalized spacial score (nSPS) is 10.8. The van der Waals surface area contributed by atoms with Gasteiger partial charge in [0.15, 0.2) is 5.69 Å². The van der Waals surface area contributed by atoms with Crippen LogP contribution in [0.5, 0.6) is 0 Å². The number of aliphatic hydroxyl groups is 1. The number of amides is 1. The minimum atomic E-state index is -0.331. The number of halogens is 2. The second kappa shape index (κ2) is 8.52. The first-order chi connectivity index (χ1) is 13.0. The molecule has 1 amide bonds. The molecule has 3 aromatic rings. The molecular weight excluding hydrogens is 387 g/mol. The zero-order valence-corrected chi connectivity index (χ0v) is 16.1. The van der Waals surface area contributed by atoms with Crippen molar-refractivity contribution in [2.45, 2.75) is 19.9 Å². The summed E-state index contributed by atoms with van der Waals surface area (Å²) in [6.07, 6.45) is 0.580. The SMILES string of the molecule is Cc1c(C(=O)Nc2ccc(CCO)cc2)nnn1Cc1ccc(Cl)c(Cl)c1. The number of nitrogens with one attached hydrogen (secondary N) is 1. The second-order valence-electron chi connectivity index (χ2n) is 6.05. The smallest absolute Gasteiger partial charge is 0.278 e. The van der Waals surface area contributed by atoms with E-state index in [9.17, 15) is 4.79 Å². The number of benzene rings is 2. The molecule has 0 aliphatic rings. The highest BCUT2D eigenvalue weighted by molar-refractivity contribution is 6.42. The van der Waals surface area contributed by atoms with Crippen LogP contribution in [0.15, 0.2) is 42.5 Å². The van der Waals surface area contributed by atoms with E-state index in [2.05, 4.69) is 15.6 Å². The summed E-state index contributed by atoms with van der Waals surface area (Å²) in [6.45, 7) is 2.31. The Labute approximate surface area is 166 Å². The molecule has 0 unspecified atom stereocenters. The molecule has 1 heterocycles. The first-order valence-electron chi connectivity index (χ1n) is 8.33. The van der Waals surface area contributed by atoms with Gasteiger partial charge in [0.2, 0.25) is 0 Å². The molecule has 0 fully saturated rings. The fraction of sp³-hybridized carbons (Fsp3) is 0.211. The van der Waals surface area contributed by atoms with Crippen molar-refractivity contribution in [2.24, 2.45) is 0 Å². The summed E-state index contributed by atoms with van der Waals surface area (Å²) < 4.78 is 1.64. The zero-order valence-electron chi connectivity index (χ0n) is 14.6. The minimum Gasteiger partial charge on any atom is -0.396 e. The lowest BCUT2D eigenvalue weighted by Gasteiger charge is -2.07. The molecule has 0 aliphatic carbocycles. The maximum absolute atomic E-state index is 12.5. The highest BCUT2D eigenvalue weighted by atomic mass is 35.5. The van der Waals surface area contributed by atoms with Crippen LogP contribution in [0.3, 0.4) is 0 Å². The Morgan fingerprint density at radius 1 is 1.11 bits per heavy atom. The van der Waals surface area contributed by atoms with Gasteiger partial charge in [-0.05, 0) is 48.7 Å². The van der Waals surface area contributed by atoms with Gasteiger partial charge in [-0.15, -0.1) is 5.10 Å². The fourth-order valence-electron chi connectivity index (χ4n) is 2.61. The van der Waals surface area contributed by atoms with Crippen molar-refractivity contribution < 1.29 is 9.90 Å². The number of anilines is 1. The molecule has 8 heteroatoms. The van der Waals surface area contributed by atoms with Crippen LogP contribution in [0.2, 0.25) is 10.0 Å². The number of rotatable bonds is 6. The van der Waals surface area contributed by atoms with Crippen LogP contribution in [-0.4, -0.2) is 32.6 Å². The third-order valence-corrected chi connectivity index (χ3v) is 4.87. The van der Waals surface area contributed by atoms with Gasteiger partial charge in [0.1, 0.15) is 0 Å². The summed E-state index contributed by atoms with van der Waals surface area (Å²) in [7, 11) is 0. The van der Waals surface area contributed by atoms with E-state index in [0.29, 0.717) is 34.4 Å². The maximum Gasteiger partial charge on any atom is 0.278 e. The van der Waals surface area contributed by atoms with Crippen molar-refractivity contribution in [1.82, 2.24) is 15.0 Å². The standard InChI is InChI=1S/C19H18Cl2N4O2/c1-12-18(19(27)22-15-5-2-13(3-6-15)8-9-26)23-24-25(12)11-14-4-7-16(20)17(21)10-14/h2-7,10,26H,8-9,11H2,1H3,(H,22,27). The molecule has 2 aromatic carbocycles. The third kappa shape index (κ3) is 4.66. The first-order valence-corrected chi connectivity index (χ1v) is 9.08. The maximum atomic E-state index is 12.5. The molecule has 0 radical (unpaired) electrons. The molecule has 0 bridgehead atoms. The molecule has 6 nitrogen and oxygen atoms in total. The number of carbonyl (C=O) groups excluding carboxylic acids is 1. The summed E-state index contributed by atoms with van der Waals surface area (Å²) in [6, 6.07) is 12.6. The molecule has 1 aromatic heterocycles. The van der Waals surface area contributed by atoms with E-state index in [1.165, 1.54) is 0 Å². The van der Waals surface area contributed by atoms with Crippen molar-refractivity contribution in [3.8, 4) is 0 Å². The average Bonchev–Trinajstić information content (AvgIpc) is 3.01. The summed E-state index contributed by atoms with van der Waals surface area (Å²) in [4.78, 5) is 12.5. The predicted octanol–water partition coefficient (Wildman–Crippen LogP) is 3.73. The van der Waals surface area contributed by atoms with Crippen molar-refractivity contribution in [3.05, 3.63) is 75.0 Å². The first kappa shape index (κ1) is 19.4. The fourth-order valence-corrected chi connectivity index (χ4v) is 2.93. The molecule has 0 saturated carbocycles. The van der Waals surface area contributed by atoms with Crippen molar-refractivity contribution >= 4 is 34.8 Å². The van der Waals surface area contributed by atoms with Gasteiger partial charge >= 0.3 is 0 Å². The Hall–Kier alpha value is -2.41. The van der Waals surface area contributed by atoms with E-state index in [1.54, 1.807) is 35.9 Å². The van der Waals surface area contributed by atoms with Gasteiger partial charge in [-0.3, -0.25) is 4.79 Å². The lowest BCUT2D eigenvalue weighted by molar-refractivity contribution is 0.102. The van der Waals surface area contributed by atoms with Crippen molar-refractivity contribution in [3.63, 3.8) is 0 Å². The quantitative estimate of drug-likeness (QED) is 0.655.